The van der Waals surface area contributed by atoms with E-state index in [0.717, 1.165) is 53.2 Å². The monoisotopic (exact) mass is 369 g/mol. The molecule has 0 spiro atoms. The fourth-order valence-corrected chi connectivity index (χ4v) is 4.54. The van der Waals surface area contributed by atoms with E-state index in [1.807, 2.05) is 16.8 Å². The molecule has 26 heavy (non-hydrogen) atoms. The maximum atomic E-state index is 11.5. The number of nitro groups is 1. The van der Waals surface area contributed by atoms with Crippen molar-refractivity contribution in [3.05, 3.63) is 40.7 Å². The van der Waals surface area contributed by atoms with Gasteiger partial charge in [0.05, 0.1) is 17.0 Å². The summed E-state index contributed by atoms with van der Waals surface area (Å²) in [5.41, 5.74) is 2.88. The second-order valence-electron chi connectivity index (χ2n) is 6.14. The Bertz CT molecular complexity index is 997. The number of aromatic nitrogens is 3. The Hall–Kier alpha value is -2.45. The summed E-state index contributed by atoms with van der Waals surface area (Å²) in [4.78, 5) is 19.3. The van der Waals surface area contributed by atoms with Crippen LogP contribution in [0.25, 0.3) is 22.2 Å². The lowest BCUT2D eigenvalue weighted by molar-refractivity contribution is -0.387. The van der Waals surface area contributed by atoms with Crippen LogP contribution in [0.2, 0.25) is 0 Å². The predicted octanol–water partition coefficient (Wildman–Crippen LogP) is 3.81. The minimum Gasteiger partial charge on any atom is -0.302 e. The lowest BCUT2D eigenvalue weighted by Crippen LogP contribution is -2.27. The van der Waals surface area contributed by atoms with E-state index < -0.39 is 0 Å². The number of benzene rings is 1. The van der Waals surface area contributed by atoms with Crippen LogP contribution in [0.4, 0.5) is 5.69 Å². The zero-order chi connectivity index (χ0) is 18.3. The molecular weight excluding hydrogens is 350 g/mol. The molecule has 3 aromatic rings. The van der Waals surface area contributed by atoms with Crippen LogP contribution in [0.15, 0.2) is 40.4 Å². The fourth-order valence-electron chi connectivity index (χ4n) is 3.38. The first-order valence-electron chi connectivity index (χ1n) is 8.66. The van der Waals surface area contributed by atoms with Gasteiger partial charge in [-0.15, -0.1) is 0 Å². The molecule has 0 bridgehead atoms. The van der Waals surface area contributed by atoms with E-state index in [1.54, 1.807) is 18.5 Å². The van der Waals surface area contributed by atoms with E-state index in [0.29, 0.717) is 4.90 Å². The van der Waals surface area contributed by atoms with Gasteiger partial charge in [0.1, 0.15) is 10.6 Å². The molecule has 1 aliphatic heterocycles. The molecule has 2 aromatic heterocycles. The number of pyridine rings is 1. The third kappa shape index (κ3) is 2.65. The molecule has 0 saturated heterocycles. The van der Waals surface area contributed by atoms with Crippen LogP contribution in [0, 0.1) is 10.1 Å². The van der Waals surface area contributed by atoms with Crippen LogP contribution in [0.3, 0.4) is 0 Å². The summed E-state index contributed by atoms with van der Waals surface area (Å²) < 4.78 is 1.98. The number of likely N-dealkylation sites (N-methyl/N-ethyl adjacent to an activating group) is 1. The third-order valence-corrected chi connectivity index (χ3v) is 5.98. The predicted molar refractivity (Wildman–Crippen MR) is 102 cm³/mol. The average Bonchev–Trinajstić information content (AvgIpc) is 3.03. The van der Waals surface area contributed by atoms with Gasteiger partial charge in [-0.1, -0.05) is 25.6 Å². The Labute approximate surface area is 155 Å². The molecule has 0 amide bonds. The lowest BCUT2D eigenvalue weighted by atomic mass is 10.1. The van der Waals surface area contributed by atoms with Gasteiger partial charge in [0.15, 0.2) is 0 Å². The molecule has 0 atom stereocenters. The Morgan fingerprint density at radius 1 is 1.27 bits per heavy atom. The quantitative estimate of drug-likeness (QED) is 0.380. The molecule has 0 unspecified atom stereocenters. The summed E-state index contributed by atoms with van der Waals surface area (Å²) in [6, 6.07) is 5.34. The molecule has 3 heterocycles. The molecule has 0 fully saturated rings. The number of hydrogen-bond donors (Lipinski definition) is 0. The molecule has 8 heteroatoms. The van der Waals surface area contributed by atoms with Crippen molar-refractivity contribution in [3.63, 3.8) is 0 Å². The molecule has 134 valence electrons. The summed E-state index contributed by atoms with van der Waals surface area (Å²) >= 11 is 1.41. The van der Waals surface area contributed by atoms with Crippen molar-refractivity contribution in [3.8, 4) is 11.3 Å². The van der Waals surface area contributed by atoms with E-state index in [9.17, 15) is 10.1 Å². The van der Waals surface area contributed by atoms with E-state index in [1.165, 1.54) is 11.8 Å². The van der Waals surface area contributed by atoms with Gasteiger partial charge < -0.3 is 4.90 Å². The zero-order valence-electron chi connectivity index (χ0n) is 14.7. The number of hydrogen-bond acceptors (Lipinski definition) is 6. The minimum atomic E-state index is -0.319. The van der Waals surface area contributed by atoms with Crippen molar-refractivity contribution in [2.24, 2.45) is 0 Å². The Morgan fingerprint density at radius 2 is 2.08 bits per heavy atom. The lowest BCUT2D eigenvalue weighted by Gasteiger charge is -2.17. The fraction of sp³-hybridized carbons (Fsp3) is 0.333. The van der Waals surface area contributed by atoms with Gasteiger partial charge in [0.2, 0.25) is 0 Å². The normalized spacial score (nSPS) is 12.6. The second kappa shape index (κ2) is 6.69. The average molecular weight is 369 g/mol. The van der Waals surface area contributed by atoms with E-state index >= 15 is 0 Å². The molecule has 0 N–H and O–H groups in total. The van der Waals surface area contributed by atoms with Crippen molar-refractivity contribution in [2.75, 3.05) is 19.6 Å². The van der Waals surface area contributed by atoms with Gasteiger partial charge in [-0.25, -0.2) is 0 Å². The molecule has 0 aliphatic carbocycles. The van der Waals surface area contributed by atoms with Gasteiger partial charge in [-0.05, 0) is 25.2 Å². The Kier molecular flexibility index (Phi) is 4.37. The van der Waals surface area contributed by atoms with E-state index in [2.05, 4.69) is 23.7 Å². The van der Waals surface area contributed by atoms with Crippen molar-refractivity contribution < 1.29 is 4.92 Å². The van der Waals surface area contributed by atoms with Crippen molar-refractivity contribution in [1.82, 2.24) is 19.7 Å². The minimum absolute atomic E-state index is 0.126. The SMILES string of the molecule is CCN(CC)CCn1nc2c3c(c([N+](=O)[O-])ccc31)Sc1cnccc1-2. The summed E-state index contributed by atoms with van der Waals surface area (Å²) in [7, 11) is 0. The summed E-state index contributed by atoms with van der Waals surface area (Å²) in [6.45, 7) is 7.91. The maximum Gasteiger partial charge on any atom is 0.284 e. The van der Waals surface area contributed by atoms with Crippen LogP contribution >= 0.6 is 11.8 Å². The smallest absolute Gasteiger partial charge is 0.284 e. The van der Waals surface area contributed by atoms with Crippen molar-refractivity contribution in [2.45, 2.75) is 30.2 Å². The largest absolute Gasteiger partial charge is 0.302 e. The maximum absolute atomic E-state index is 11.5. The van der Waals surface area contributed by atoms with Crippen molar-refractivity contribution >= 4 is 28.4 Å². The first-order valence-corrected chi connectivity index (χ1v) is 9.48. The van der Waals surface area contributed by atoms with E-state index in [-0.39, 0.29) is 10.6 Å². The highest BCUT2D eigenvalue weighted by atomic mass is 32.2. The van der Waals surface area contributed by atoms with Crippen LogP contribution in [-0.2, 0) is 6.54 Å². The van der Waals surface area contributed by atoms with Crippen LogP contribution in [-0.4, -0.2) is 44.2 Å². The molecule has 1 aromatic carbocycles. The Morgan fingerprint density at radius 3 is 2.81 bits per heavy atom. The van der Waals surface area contributed by atoms with E-state index in [4.69, 9.17) is 5.10 Å². The van der Waals surface area contributed by atoms with Gasteiger partial charge in [0, 0.05) is 40.8 Å². The van der Waals surface area contributed by atoms with Gasteiger partial charge in [0.25, 0.3) is 5.69 Å². The summed E-state index contributed by atoms with van der Waals surface area (Å²) in [5.74, 6) is 0. The zero-order valence-corrected chi connectivity index (χ0v) is 15.5. The number of nitro benzene ring substituents is 1. The topological polar surface area (TPSA) is 77.1 Å². The van der Waals surface area contributed by atoms with Crippen LogP contribution < -0.4 is 0 Å². The molecule has 0 saturated carbocycles. The molecule has 1 aliphatic rings. The standard InChI is InChI=1S/C18H19N5O2S/c1-3-21(4-2)9-10-22-13-5-6-14(23(24)25)18-16(13)17(20-22)12-7-8-19-11-15(12)26-18/h5-8,11H,3-4,9-10H2,1-2H3. The second-order valence-corrected chi connectivity index (χ2v) is 7.19. The number of rotatable bonds is 6. The summed E-state index contributed by atoms with van der Waals surface area (Å²) in [6.07, 6.45) is 3.49. The van der Waals surface area contributed by atoms with Crippen molar-refractivity contribution in [1.29, 1.82) is 0 Å². The van der Waals surface area contributed by atoms with Crippen LogP contribution in [0.1, 0.15) is 13.8 Å². The molecule has 0 radical (unpaired) electrons. The Balaban J connectivity index is 1.88. The van der Waals surface area contributed by atoms with Crippen LogP contribution in [0.5, 0.6) is 0 Å². The van der Waals surface area contributed by atoms with Gasteiger partial charge in [-0.2, -0.15) is 5.10 Å². The van der Waals surface area contributed by atoms with Gasteiger partial charge in [-0.3, -0.25) is 19.8 Å². The molecule has 7 nitrogen and oxygen atoms in total. The first kappa shape index (κ1) is 17.0. The third-order valence-electron chi connectivity index (χ3n) is 4.82. The summed E-state index contributed by atoms with van der Waals surface area (Å²) in [5, 5.41) is 17.2. The number of nitrogens with zero attached hydrogens (tertiary/aromatic N) is 5. The van der Waals surface area contributed by atoms with Gasteiger partial charge >= 0.3 is 0 Å². The highest BCUT2D eigenvalue weighted by molar-refractivity contribution is 8.00. The highest BCUT2D eigenvalue weighted by Gasteiger charge is 2.29. The molecule has 4 rings (SSSR count). The first-order chi connectivity index (χ1) is 12.6. The molecular formula is C18H19N5O2S. The highest BCUT2D eigenvalue weighted by Crippen LogP contribution is 2.50. The number of fused-ring (bicyclic) bond motifs is 2.